The summed E-state index contributed by atoms with van der Waals surface area (Å²) in [6.45, 7) is 1.60. The fraction of sp³-hybridized carbons (Fsp3) is 0.700. The third-order valence-electron chi connectivity index (χ3n) is 5.39. The summed E-state index contributed by atoms with van der Waals surface area (Å²) in [5.41, 5.74) is 4.26. The first-order valence-electron chi connectivity index (χ1n) is 10.1. The third kappa shape index (κ3) is 5.33. The lowest BCUT2D eigenvalue weighted by molar-refractivity contribution is -0.142. The van der Waals surface area contributed by atoms with Crippen molar-refractivity contribution >= 4 is 17.6 Å². The lowest BCUT2D eigenvalue weighted by atomic mass is 9.86. The normalized spacial score (nSPS) is 14.8. The van der Waals surface area contributed by atoms with Gasteiger partial charge in [0, 0.05) is 20.0 Å². The molecule has 0 aliphatic heterocycles. The number of anilines is 1. The van der Waals surface area contributed by atoms with Gasteiger partial charge in [0.1, 0.15) is 11.4 Å². The van der Waals surface area contributed by atoms with Gasteiger partial charge in [-0.1, -0.05) is 39.0 Å². The summed E-state index contributed by atoms with van der Waals surface area (Å²) in [5, 5.41) is 0. The van der Waals surface area contributed by atoms with Gasteiger partial charge < -0.3 is 10.5 Å². The van der Waals surface area contributed by atoms with Crippen LogP contribution in [0.2, 0.25) is 0 Å². The van der Waals surface area contributed by atoms with Gasteiger partial charge in [0.25, 0.3) is 5.56 Å². The maximum atomic E-state index is 12.4. The molecule has 1 aromatic heterocycles. The van der Waals surface area contributed by atoms with E-state index in [1.165, 1.54) is 43.7 Å². The molecule has 1 saturated carbocycles. The van der Waals surface area contributed by atoms with Crippen molar-refractivity contribution in [2.75, 3.05) is 12.3 Å². The minimum Gasteiger partial charge on any atom is -0.457 e. The first-order valence-corrected chi connectivity index (χ1v) is 10.1. The van der Waals surface area contributed by atoms with E-state index in [2.05, 4.69) is 0 Å². The van der Waals surface area contributed by atoms with Gasteiger partial charge in [-0.3, -0.25) is 23.5 Å². The average molecular weight is 393 g/mol. The molecule has 8 nitrogen and oxygen atoms in total. The first-order chi connectivity index (χ1) is 13.4. The van der Waals surface area contributed by atoms with Gasteiger partial charge in [0.15, 0.2) is 6.61 Å². The van der Waals surface area contributed by atoms with Crippen molar-refractivity contribution in [2.24, 2.45) is 13.0 Å². The quantitative estimate of drug-likeness (QED) is 0.507. The van der Waals surface area contributed by atoms with Crippen LogP contribution in [0.1, 0.15) is 75.1 Å². The Balaban J connectivity index is 1.94. The molecule has 2 N–H and O–H groups in total. The fourth-order valence-corrected chi connectivity index (χ4v) is 3.79. The second kappa shape index (κ2) is 10.2. The molecule has 1 fully saturated rings. The van der Waals surface area contributed by atoms with Crippen LogP contribution in [0.5, 0.6) is 0 Å². The predicted octanol–water partition coefficient (Wildman–Crippen LogP) is 2.02. The molecule has 1 aliphatic carbocycles. The summed E-state index contributed by atoms with van der Waals surface area (Å²) >= 11 is 0. The van der Waals surface area contributed by atoms with E-state index >= 15 is 0 Å². The minimum absolute atomic E-state index is 0.173. The predicted molar refractivity (Wildman–Crippen MR) is 106 cm³/mol. The Kier molecular flexibility index (Phi) is 8.02. The van der Waals surface area contributed by atoms with Crippen LogP contribution in [0.15, 0.2) is 9.59 Å². The fourth-order valence-electron chi connectivity index (χ4n) is 3.79. The number of ketones is 1. The number of rotatable bonds is 9. The Labute approximate surface area is 164 Å². The zero-order chi connectivity index (χ0) is 20.7. The molecule has 0 bridgehead atoms. The molecule has 0 unspecified atom stereocenters. The summed E-state index contributed by atoms with van der Waals surface area (Å²) in [7, 11) is 1.30. The molecule has 1 aliphatic rings. The minimum atomic E-state index is -0.770. The smallest absolute Gasteiger partial charge is 0.332 e. The lowest BCUT2D eigenvalue weighted by Gasteiger charge is -2.20. The highest BCUT2D eigenvalue weighted by atomic mass is 16.5. The third-order valence-corrected chi connectivity index (χ3v) is 5.39. The molecule has 0 amide bonds. The number of nitrogen functional groups attached to an aromatic ring is 1. The summed E-state index contributed by atoms with van der Waals surface area (Å²) in [6.07, 6.45) is 8.89. The zero-order valence-corrected chi connectivity index (χ0v) is 16.9. The number of carbonyl (C=O) groups excluding carboxylic acids is 2. The standard InChI is InChI=1S/C20H31N3O5/c1-3-12-23-18(21)17(19(26)22(2)20(23)27)15(24)13-28-16(25)11-7-10-14-8-5-4-6-9-14/h14H,3-13,21H2,1-2H3. The monoisotopic (exact) mass is 393 g/mol. The zero-order valence-electron chi connectivity index (χ0n) is 16.9. The number of hydrogen-bond acceptors (Lipinski definition) is 6. The Morgan fingerprint density at radius 3 is 2.50 bits per heavy atom. The van der Waals surface area contributed by atoms with Crippen LogP contribution in [0.4, 0.5) is 5.82 Å². The second-order valence-corrected chi connectivity index (χ2v) is 7.54. The van der Waals surface area contributed by atoms with Crippen molar-refractivity contribution in [3.63, 3.8) is 0 Å². The summed E-state index contributed by atoms with van der Waals surface area (Å²) in [5.74, 6) is -0.635. The highest BCUT2D eigenvalue weighted by molar-refractivity contribution is 6.01. The molecule has 156 valence electrons. The summed E-state index contributed by atoms with van der Waals surface area (Å²) < 4.78 is 7.10. The van der Waals surface area contributed by atoms with E-state index in [0.717, 1.165) is 17.4 Å². The molecule has 0 spiro atoms. The number of aromatic nitrogens is 2. The van der Waals surface area contributed by atoms with Gasteiger partial charge in [0.05, 0.1) is 0 Å². The number of nitrogens with zero attached hydrogens (tertiary/aromatic N) is 2. The molecule has 1 aromatic rings. The largest absolute Gasteiger partial charge is 0.457 e. The molecular formula is C20H31N3O5. The van der Waals surface area contributed by atoms with Crippen molar-refractivity contribution in [3.05, 3.63) is 26.4 Å². The van der Waals surface area contributed by atoms with Gasteiger partial charge >= 0.3 is 11.7 Å². The van der Waals surface area contributed by atoms with Crippen molar-refractivity contribution in [2.45, 2.75) is 71.3 Å². The van der Waals surface area contributed by atoms with Crippen molar-refractivity contribution < 1.29 is 14.3 Å². The van der Waals surface area contributed by atoms with Crippen LogP contribution < -0.4 is 17.0 Å². The Morgan fingerprint density at radius 1 is 1.18 bits per heavy atom. The highest BCUT2D eigenvalue weighted by Crippen LogP contribution is 2.27. The Hall–Kier alpha value is -2.38. The molecule has 0 atom stereocenters. The van der Waals surface area contributed by atoms with E-state index in [9.17, 15) is 19.2 Å². The van der Waals surface area contributed by atoms with Crippen LogP contribution in [-0.4, -0.2) is 27.5 Å². The Bertz CT molecular complexity index is 818. The molecule has 8 heteroatoms. The SMILES string of the molecule is CCCn1c(N)c(C(=O)COC(=O)CCCC2CCCCC2)c(=O)n(C)c1=O. The van der Waals surface area contributed by atoms with Gasteiger partial charge in [-0.05, 0) is 25.2 Å². The molecular weight excluding hydrogens is 362 g/mol. The highest BCUT2D eigenvalue weighted by Gasteiger charge is 2.22. The van der Waals surface area contributed by atoms with Crippen LogP contribution >= 0.6 is 0 Å². The van der Waals surface area contributed by atoms with E-state index in [1.54, 1.807) is 0 Å². The lowest BCUT2D eigenvalue weighted by Crippen LogP contribution is -2.43. The van der Waals surface area contributed by atoms with Crippen molar-refractivity contribution in [1.82, 2.24) is 9.13 Å². The Morgan fingerprint density at radius 2 is 1.86 bits per heavy atom. The van der Waals surface area contributed by atoms with Gasteiger partial charge in [-0.2, -0.15) is 0 Å². The number of carbonyl (C=O) groups is 2. The molecule has 2 rings (SSSR count). The first kappa shape index (κ1) is 21.9. The van der Waals surface area contributed by atoms with E-state index in [-0.39, 0.29) is 17.8 Å². The van der Waals surface area contributed by atoms with Crippen LogP contribution in [-0.2, 0) is 23.1 Å². The summed E-state index contributed by atoms with van der Waals surface area (Å²) in [4.78, 5) is 48.8. The van der Waals surface area contributed by atoms with E-state index in [0.29, 0.717) is 18.9 Å². The number of esters is 1. The maximum absolute atomic E-state index is 12.4. The van der Waals surface area contributed by atoms with Gasteiger partial charge in [0.2, 0.25) is 5.78 Å². The van der Waals surface area contributed by atoms with Crippen molar-refractivity contribution in [3.8, 4) is 0 Å². The molecule has 1 heterocycles. The van der Waals surface area contributed by atoms with Crippen LogP contribution in [0.25, 0.3) is 0 Å². The van der Waals surface area contributed by atoms with E-state index < -0.39 is 29.6 Å². The van der Waals surface area contributed by atoms with E-state index in [4.69, 9.17) is 10.5 Å². The van der Waals surface area contributed by atoms with Gasteiger partial charge in [-0.15, -0.1) is 0 Å². The molecule has 0 saturated heterocycles. The molecule has 0 radical (unpaired) electrons. The van der Waals surface area contributed by atoms with Crippen molar-refractivity contribution in [1.29, 1.82) is 0 Å². The van der Waals surface area contributed by atoms with E-state index in [1.807, 2.05) is 6.92 Å². The van der Waals surface area contributed by atoms with Gasteiger partial charge in [-0.25, -0.2) is 4.79 Å². The number of Topliss-reactive ketones (excluding diaryl/α,β-unsaturated/α-hetero) is 1. The summed E-state index contributed by atoms with van der Waals surface area (Å²) in [6, 6.07) is 0. The number of ether oxygens (including phenoxy) is 1. The topological polar surface area (TPSA) is 113 Å². The second-order valence-electron chi connectivity index (χ2n) is 7.54. The maximum Gasteiger partial charge on any atom is 0.332 e. The molecule has 28 heavy (non-hydrogen) atoms. The van der Waals surface area contributed by atoms with Crippen LogP contribution in [0, 0.1) is 5.92 Å². The molecule has 0 aromatic carbocycles. The number of hydrogen-bond donors (Lipinski definition) is 1. The van der Waals surface area contributed by atoms with Crippen LogP contribution in [0.3, 0.4) is 0 Å². The average Bonchev–Trinajstić information content (AvgIpc) is 2.69. The number of nitrogens with two attached hydrogens (primary N) is 1.